The van der Waals surface area contributed by atoms with Gasteiger partial charge in [0, 0.05) is 19.2 Å². The smallest absolute Gasteiger partial charge is 0.211 e. The molecule has 2 rings (SSSR count). The summed E-state index contributed by atoms with van der Waals surface area (Å²) in [6, 6.07) is 6.19. The number of rotatable bonds is 5. The summed E-state index contributed by atoms with van der Waals surface area (Å²) in [5.41, 5.74) is 0.783. The lowest BCUT2D eigenvalue weighted by Gasteiger charge is -2.04. The number of ether oxygens (including phenoxy) is 1. The lowest BCUT2D eigenvalue weighted by molar-refractivity contribution is 0.373. The largest absolute Gasteiger partial charge is 0.481 e. The Hall–Kier alpha value is -1.75. The van der Waals surface area contributed by atoms with Crippen LogP contribution in [0.1, 0.15) is 19.6 Å². The van der Waals surface area contributed by atoms with Crippen molar-refractivity contribution in [2.24, 2.45) is 7.05 Å². The molecular formula is C13H19N3O2. The molecule has 0 saturated heterocycles. The van der Waals surface area contributed by atoms with Crippen molar-refractivity contribution in [1.29, 1.82) is 0 Å². The first-order valence-corrected chi connectivity index (χ1v) is 6.00. The van der Waals surface area contributed by atoms with Crippen LogP contribution >= 0.6 is 0 Å². The molecule has 0 amide bonds. The molecule has 18 heavy (non-hydrogen) atoms. The van der Waals surface area contributed by atoms with E-state index in [0.29, 0.717) is 11.9 Å². The zero-order valence-electron chi connectivity index (χ0n) is 11.2. The molecule has 2 aromatic heterocycles. The van der Waals surface area contributed by atoms with Crippen LogP contribution in [0.25, 0.3) is 11.5 Å². The Balaban J connectivity index is 2.13. The van der Waals surface area contributed by atoms with Crippen LogP contribution in [0, 0.1) is 0 Å². The monoisotopic (exact) mass is 249 g/mol. The SMILES string of the molecule is COc1cc(-c2ccc(CNC(C)C)o2)nn1C. The molecule has 0 unspecified atom stereocenters. The molecule has 2 heterocycles. The second kappa shape index (κ2) is 5.27. The van der Waals surface area contributed by atoms with E-state index in [9.17, 15) is 0 Å². The van der Waals surface area contributed by atoms with E-state index in [4.69, 9.17) is 9.15 Å². The Labute approximate surface area is 107 Å². The Bertz CT molecular complexity index is 514. The second-order valence-corrected chi connectivity index (χ2v) is 4.50. The number of nitrogens with zero attached hydrogens (tertiary/aromatic N) is 2. The van der Waals surface area contributed by atoms with Crippen molar-refractivity contribution in [1.82, 2.24) is 15.1 Å². The van der Waals surface area contributed by atoms with Gasteiger partial charge in [0.15, 0.2) is 5.76 Å². The minimum absolute atomic E-state index is 0.438. The summed E-state index contributed by atoms with van der Waals surface area (Å²) in [6.07, 6.45) is 0. The van der Waals surface area contributed by atoms with Gasteiger partial charge in [0.2, 0.25) is 5.88 Å². The molecule has 0 radical (unpaired) electrons. The number of aromatic nitrogens is 2. The van der Waals surface area contributed by atoms with Crippen molar-refractivity contribution in [3.63, 3.8) is 0 Å². The topological polar surface area (TPSA) is 52.2 Å². The quantitative estimate of drug-likeness (QED) is 0.882. The van der Waals surface area contributed by atoms with Crippen LogP contribution in [0.4, 0.5) is 0 Å². The molecule has 0 aliphatic rings. The molecule has 0 bridgehead atoms. The molecule has 5 nitrogen and oxygen atoms in total. The van der Waals surface area contributed by atoms with Gasteiger partial charge in [0.25, 0.3) is 0 Å². The van der Waals surface area contributed by atoms with Gasteiger partial charge in [-0.25, -0.2) is 4.68 Å². The molecule has 0 aliphatic carbocycles. The molecule has 0 spiro atoms. The molecule has 98 valence electrons. The standard InChI is InChI=1S/C13H19N3O2/c1-9(2)14-8-10-5-6-12(18-10)11-7-13(17-4)16(3)15-11/h5-7,9,14H,8H2,1-4H3. The molecule has 0 fully saturated rings. The average Bonchev–Trinajstić information content (AvgIpc) is 2.92. The summed E-state index contributed by atoms with van der Waals surface area (Å²) in [5, 5.41) is 7.65. The fourth-order valence-electron chi connectivity index (χ4n) is 1.68. The van der Waals surface area contributed by atoms with Crippen molar-refractivity contribution in [3.05, 3.63) is 24.0 Å². The van der Waals surface area contributed by atoms with Crippen molar-refractivity contribution < 1.29 is 9.15 Å². The van der Waals surface area contributed by atoms with Gasteiger partial charge in [-0.3, -0.25) is 0 Å². The molecular weight excluding hydrogens is 230 g/mol. The number of methoxy groups -OCH3 is 1. The van der Waals surface area contributed by atoms with Crippen LogP contribution in [0.3, 0.4) is 0 Å². The fraction of sp³-hybridized carbons (Fsp3) is 0.462. The van der Waals surface area contributed by atoms with E-state index >= 15 is 0 Å². The Morgan fingerprint density at radius 3 is 2.83 bits per heavy atom. The Kier molecular flexibility index (Phi) is 3.72. The van der Waals surface area contributed by atoms with E-state index in [2.05, 4.69) is 24.3 Å². The van der Waals surface area contributed by atoms with Gasteiger partial charge in [0.05, 0.1) is 13.7 Å². The maximum absolute atomic E-state index is 5.74. The van der Waals surface area contributed by atoms with Crippen LogP contribution in [-0.2, 0) is 13.6 Å². The molecule has 2 aromatic rings. The minimum atomic E-state index is 0.438. The first-order chi connectivity index (χ1) is 8.60. The van der Waals surface area contributed by atoms with Crippen molar-refractivity contribution in [3.8, 4) is 17.3 Å². The van der Waals surface area contributed by atoms with Crippen molar-refractivity contribution in [2.75, 3.05) is 7.11 Å². The molecule has 0 atom stereocenters. The Morgan fingerprint density at radius 2 is 2.22 bits per heavy atom. The van der Waals surface area contributed by atoms with E-state index in [1.165, 1.54) is 0 Å². The molecule has 5 heteroatoms. The van der Waals surface area contributed by atoms with Gasteiger partial charge in [-0.1, -0.05) is 13.8 Å². The van der Waals surface area contributed by atoms with Gasteiger partial charge in [0.1, 0.15) is 11.5 Å². The summed E-state index contributed by atoms with van der Waals surface area (Å²) in [5.74, 6) is 2.38. The van der Waals surface area contributed by atoms with E-state index < -0.39 is 0 Å². The molecule has 0 aromatic carbocycles. The van der Waals surface area contributed by atoms with E-state index in [-0.39, 0.29) is 0 Å². The third-order valence-electron chi connectivity index (χ3n) is 2.64. The average molecular weight is 249 g/mol. The van der Waals surface area contributed by atoms with Gasteiger partial charge in [-0.2, -0.15) is 5.10 Å². The zero-order chi connectivity index (χ0) is 13.1. The number of furan rings is 1. The summed E-state index contributed by atoms with van der Waals surface area (Å²) in [4.78, 5) is 0. The van der Waals surface area contributed by atoms with Crippen molar-refractivity contribution >= 4 is 0 Å². The number of hydrogen-bond acceptors (Lipinski definition) is 4. The summed E-state index contributed by atoms with van der Waals surface area (Å²) < 4.78 is 12.6. The number of nitrogens with one attached hydrogen (secondary N) is 1. The third kappa shape index (κ3) is 2.73. The highest BCUT2D eigenvalue weighted by atomic mass is 16.5. The summed E-state index contributed by atoms with van der Waals surface area (Å²) >= 11 is 0. The van der Waals surface area contributed by atoms with Crippen LogP contribution < -0.4 is 10.1 Å². The zero-order valence-corrected chi connectivity index (χ0v) is 11.2. The minimum Gasteiger partial charge on any atom is -0.481 e. The second-order valence-electron chi connectivity index (χ2n) is 4.50. The van der Waals surface area contributed by atoms with Crippen molar-refractivity contribution in [2.45, 2.75) is 26.4 Å². The van der Waals surface area contributed by atoms with Crippen LogP contribution in [-0.4, -0.2) is 22.9 Å². The number of hydrogen-bond donors (Lipinski definition) is 1. The molecule has 0 aliphatic heterocycles. The van der Waals surface area contributed by atoms with Gasteiger partial charge >= 0.3 is 0 Å². The molecule has 0 saturated carbocycles. The van der Waals surface area contributed by atoms with Crippen LogP contribution in [0.15, 0.2) is 22.6 Å². The van der Waals surface area contributed by atoms with Gasteiger partial charge < -0.3 is 14.5 Å². The van der Waals surface area contributed by atoms with E-state index in [1.54, 1.807) is 11.8 Å². The summed E-state index contributed by atoms with van der Waals surface area (Å²) in [7, 11) is 3.47. The first-order valence-electron chi connectivity index (χ1n) is 6.00. The lowest BCUT2D eigenvalue weighted by atomic mass is 10.3. The first kappa shape index (κ1) is 12.7. The third-order valence-corrected chi connectivity index (χ3v) is 2.64. The van der Waals surface area contributed by atoms with E-state index in [0.717, 1.165) is 23.8 Å². The van der Waals surface area contributed by atoms with E-state index in [1.807, 2.05) is 25.2 Å². The van der Waals surface area contributed by atoms with Gasteiger partial charge in [-0.15, -0.1) is 0 Å². The Morgan fingerprint density at radius 1 is 1.44 bits per heavy atom. The van der Waals surface area contributed by atoms with Gasteiger partial charge in [-0.05, 0) is 12.1 Å². The highest BCUT2D eigenvalue weighted by molar-refractivity contribution is 5.53. The highest BCUT2D eigenvalue weighted by Gasteiger charge is 2.11. The maximum atomic E-state index is 5.74. The van der Waals surface area contributed by atoms with Crippen LogP contribution in [0.5, 0.6) is 5.88 Å². The maximum Gasteiger partial charge on any atom is 0.211 e. The molecule has 1 N–H and O–H groups in total. The fourth-order valence-corrected chi connectivity index (χ4v) is 1.68. The highest BCUT2D eigenvalue weighted by Crippen LogP contribution is 2.24. The van der Waals surface area contributed by atoms with Crippen LogP contribution in [0.2, 0.25) is 0 Å². The normalized spacial score (nSPS) is 11.2. The lowest BCUT2D eigenvalue weighted by Crippen LogP contribution is -2.21. The predicted molar refractivity (Wildman–Crippen MR) is 69.4 cm³/mol. The summed E-state index contributed by atoms with van der Waals surface area (Å²) in [6.45, 7) is 4.93. The number of aryl methyl sites for hydroxylation is 1. The predicted octanol–water partition coefficient (Wildman–Crippen LogP) is 2.19.